The number of primary amides is 1. The van der Waals surface area contributed by atoms with Gasteiger partial charge in [-0.05, 0) is 49.2 Å². The second kappa shape index (κ2) is 12.5. The van der Waals surface area contributed by atoms with E-state index in [2.05, 4.69) is 4.98 Å². The van der Waals surface area contributed by atoms with Crippen LogP contribution in [0.15, 0.2) is 59.8 Å². The van der Waals surface area contributed by atoms with Crippen molar-refractivity contribution in [1.82, 2.24) is 9.88 Å². The number of nitriles is 1. The molecule has 10 nitrogen and oxygen atoms in total. The second-order valence-electron chi connectivity index (χ2n) is 10.1. The molecule has 5 rings (SSSR count). The fraction of sp³-hybridized carbons (Fsp3) is 0.300. The molecule has 1 aromatic heterocycles. The topological polar surface area (TPSA) is 150 Å². The number of carboxylic acid groups (broad SMARTS) is 1. The number of nitrogens with two attached hydrogens (primary N) is 1. The molecule has 2 aromatic carbocycles. The average Bonchev–Trinajstić information content (AvgIpc) is 3.57. The van der Waals surface area contributed by atoms with Crippen molar-refractivity contribution in [3.8, 4) is 11.8 Å². The Labute approximate surface area is 245 Å². The average molecular weight is 590 g/mol. The number of nitrogens with zero attached hydrogens (tertiary/aromatic N) is 4. The number of ether oxygens (including phenoxy) is 1. The highest BCUT2D eigenvalue weighted by molar-refractivity contribution is 7.99. The minimum atomic E-state index is -1.07. The van der Waals surface area contributed by atoms with Crippen molar-refractivity contribution in [3.63, 3.8) is 0 Å². The van der Waals surface area contributed by atoms with Crippen LogP contribution in [0.4, 0.5) is 10.1 Å². The summed E-state index contributed by atoms with van der Waals surface area (Å²) in [6.07, 6.45) is 2.25. The molecule has 0 bridgehead atoms. The lowest BCUT2D eigenvalue weighted by molar-refractivity contribution is -0.137. The third-order valence-electron chi connectivity index (χ3n) is 7.33. The van der Waals surface area contributed by atoms with Gasteiger partial charge >= 0.3 is 5.97 Å². The lowest BCUT2D eigenvalue weighted by Crippen LogP contribution is -2.45. The molecule has 2 amide bonds. The number of hydrogen-bond acceptors (Lipinski definition) is 8. The molecule has 2 aliphatic heterocycles. The molecule has 1 fully saturated rings. The predicted molar refractivity (Wildman–Crippen MR) is 152 cm³/mol. The summed E-state index contributed by atoms with van der Waals surface area (Å²) in [4.78, 5) is 43.9. The number of fused-ring (bicyclic) bond motifs is 1. The zero-order chi connectivity index (χ0) is 29.8. The molecule has 42 heavy (non-hydrogen) atoms. The molecule has 3 heterocycles. The SMILES string of the molecule is N#Cc1ccc(N2CCC(Sc3ccc(COc4cccc5c4CN([C@@H](CCC(=O)O)C(N)=O)C5=O)cn3)C2)c(F)c1. The fourth-order valence-electron chi connectivity index (χ4n) is 5.20. The summed E-state index contributed by atoms with van der Waals surface area (Å²) in [5.41, 5.74) is 8.12. The van der Waals surface area contributed by atoms with Crippen LogP contribution < -0.4 is 15.4 Å². The van der Waals surface area contributed by atoms with Crippen molar-refractivity contribution >= 4 is 35.2 Å². The highest BCUT2D eigenvalue weighted by Crippen LogP contribution is 2.34. The van der Waals surface area contributed by atoms with E-state index >= 15 is 0 Å². The van der Waals surface area contributed by atoms with Gasteiger partial charge < -0.3 is 25.4 Å². The van der Waals surface area contributed by atoms with Gasteiger partial charge in [-0.25, -0.2) is 9.37 Å². The van der Waals surface area contributed by atoms with Crippen LogP contribution in [-0.4, -0.2) is 57.2 Å². The summed E-state index contributed by atoms with van der Waals surface area (Å²) in [5.74, 6) is -2.12. The molecular formula is C30H28FN5O5S. The van der Waals surface area contributed by atoms with Gasteiger partial charge in [0.15, 0.2) is 0 Å². The highest BCUT2D eigenvalue weighted by Gasteiger charge is 2.37. The first-order chi connectivity index (χ1) is 20.2. The number of carboxylic acids is 1. The van der Waals surface area contributed by atoms with Gasteiger partial charge in [-0.1, -0.05) is 12.1 Å². The minimum Gasteiger partial charge on any atom is -0.488 e. The van der Waals surface area contributed by atoms with Gasteiger partial charge in [0.25, 0.3) is 5.91 Å². The maximum Gasteiger partial charge on any atom is 0.303 e. The Bertz CT molecular complexity index is 1560. The quantitative estimate of drug-likeness (QED) is 0.341. The molecule has 0 radical (unpaired) electrons. The number of amides is 2. The number of rotatable bonds is 11. The van der Waals surface area contributed by atoms with Crippen molar-refractivity contribution in [1.29, 1.82) is 5.26 Å². The zero-order valence-corrected chi connectivity index (χ0v) is 23.3. The van der Waals surface area contributed by atoms with Gasteiger partial charge in [0.05, 0.1) is 28.9 Å². The maximum atomic E-state index is 14.4. The number of anilines is 1. The first-order valence-electron chi connectivity index (χ1n) is 13.4. The summed E-state index contributed by atoms with van der Waals surface area (Å²) in [7, 11) is 0. The van der Waals surface area contributed by atoms with Crippen molar-refractivity contribution in [2.24, 2.45) is 5.73 Å². The van der Waals surface area contributed by atoms with E-state index in [9.17, 15) is 18.8 Å². The summed E-state index contributed by atoms with van der Waals surface area (Å²) in [6.45, 7) is 1.68. The van der Waals surface area contributed by atoms with Crippen molar-refractivity contribution < 1.29 is 28.6 Å². The number of carbonyl (C=O) groups excluding carboxylic acids is 2. The molecule has 2 atom stereocenters. The van der Waals surface area contributed by atoms with Crippen molar-refractivity contribution in [3.05, 3.63) is 82.8 Å². The zero-order valence-electron chi connectivity index (χ0n) is 22.5. The van der Waals surface area contributed by atoms with Crippen LogP contribution in [0.3, 0.4) is 0 Å². The van der Waals surface area contributed by atoms with E-state index in [-0.39, 0.29) is 37.2 Å². The van der Waals surface area contributed by atoms with E-state index in [4.69, 9.17) is 20.8 Å². The number of aromatic nitrogens is 1. The molecule has 1 saturated heterocycles. The second-order valence-corrected chi connectivity index (χ2v) is 11.4. The Kier molecular flexibility index (Phi) is 8.59. The van der Waals surface area contributed by atoms with Crippen LogP contribution in [0, 0.1) is 17.1 Å². The van der Waals surface area contributed by atoms with Gasteiger partial charge in [-0.15, -0.1) is 11.8 Å². The third kappa shape index (κ3) is 6.31. The van der Waals surface area contributed by atoms with E-state index in [0.717, 1.165) is 17.0 Å². The van der Waals surface area contributed by atoms with Gasteiger partial charge in [0, 0.05) is 47.6 Å². The van der Waals surface area contributed by atoms with Gasteiger partial charge in [-0.2, -0.15) is 5.26 Å². The van der Waals surface area contributed by atoms with Crippen LogP contribution in [0.5, 0.6) is 5.75 Å². The van der Waals surface area contributed by atoms with E-state index in [1.54, 1.807) is 48.3 Å². The lowest BCUT2D eigenvalue weighted by atomic mass is 10.1. The van der Waals surface area contributed by atoms with Crippen LogP contribution in [0.25, 0.3) is 0 Å². The highest BCUT2D eigenvalue weighted by atomic mass is 32.2. The standard InChI is InChI=1S/C30H28FN5O5S/c31-23-12-18(13-32)4-6-24(23)35-11-10-20(15-35)42-27-8-5-19(14-34-27)17-41-26-3-1-2-21-22(26)16-36(30(21)40)25(29(33)39)7-9-28(37)38/h1-6,8,12,14,20,25H,7,9-11,15-17H2,(H2,33,39)(H,37,38)/t20?,25-/m0/s1. The van der Waals surface area contributed by atoms with E-state index in [1.165, 1.54) is 11.0 Å². The van der Waals surface area contributed by atoms with Crippen molar-refractivity contribution in [2.75, 3.05) is 18.0 Å². The van der Waals surface area contributed by atoms with Crippen LogP contribution >= 0.6 is 11.8 Å². The molecule has 3 aromatic rings. The summed E-state index contributed by atoms with van der Waals surface area (Å²) >= 11 is 1.63. The van der Waals surface area contributed by atoms with Gasteiger partial charge in [-0.3, -0.25) is 14.4 Å². The fourth-order valence-corrected chi connectivity index (χ4v) is 6.28. The number of aliphatic carboxylic acids is 1. The Morgan fingerprint density at radius 1 is 1.26 bits per heavy atom. The first-order valence-corrected chi connectivity index (χ1v) is 14.2. The summed E-state index contributed by atoms with van der Waals surface area (Å²) in [5, 5.41) is 19.1. The lowest BCUT2D eigenvalue weighted by Gasteiger charge is -2.24. The number of hydrogen-bond donors (Lipinski definition) is 2. The van der Waals surface area contributed by atoms with Crippen LogP contribution in [0.1, 0.15) is 46.3 Å². The van der Waals surface area contributed by atoms with Crippen LogP contribution in [0.2, 0.25) is 0 Å². The number of carbonyl (C=O) groups is 3. The Morgan fingerprint density at radius 3 is 2.79 bits per heavy atom. The first kappa shape index (κ1) is 28.9. The summed E-state index contributed by atoms with van der Waals surface area (Å²) in [6, 6.07) is 14.4. The minimum absolute atomic E-state index is 0.0676. The number of thioether (sulfide) groups is 1. The molecule has 0 spiro atoms. The summed E-state index contributed by atoms with van der Waals surface area (Å²) < 4.78 is 20.5. The Balaban J connectivity index is 1.18. The number of pyridine rings is 1. The number of benzene rings is 2. The molecule has 2 aliphatic rings. The maximum absolute atomic E-state index is 14.4. The Morgan fingerprint density at radius 2 is 2.10 bits per heavy atom. The normalized spacial score (nSPS) is 16.7. The number of halogens is 1. The molecular weight excluding hydrogens is 561 g/mol. The van der Waals surface area contributed by atoms with E-state index < -0.39 is 23.7 Å². The molecule has 3 N–H and O–H groups in total. The molecule has 12 heteroatoms. The Hall–Kier alpha value is -4.63. The third-order valence-corrected chi connectivity index (χ3v) is 8.53. The van der Waals surface area contributed by atoms with Crippen LogP contribution in [-0.2, 0) is 22.7 Å². The largest absolute Gasteiger partial charge is 0.488 e. The molecule has 0 saturated carbocycles. The smallest absolute Gasteiger partial charge is 0.303 e. The van der Waals surface area contributed by atoms with E-state index in [1.807, 2.05) is 23.1 Å². The van der Waals surface area contributed by atoms with Crippen molar-refractivity contribution in [2.45, 2.75) is 48.7 Å². The van der Waals surface area contributed by atoms with Gasteiger partial charge in [0.2, 0.25) is 5.91 Å². The predicted octanol–water partition coefficient (Wildman–Crippen LogP) is 3.72. The molecule has 0 aliphatic carbocycles. The molecule has 1 unspecified atom stereocenters. The van der Waals surface area contributed by atoms with Gasteiger partial charge in [0.1, 0.15) is 24.2 Å². The van der Waals surface area contributed by atoms with E-state index in [0.29, 0.717) is 41.2 Å². The molecule has 216 valence electrons. The monoisotopic (exact) mass is 589 g/mol.